The highest BCUT2D eigenvalue weighted by atomic mass is 32.1. The van der Waals surface area contributed by atoms with Crippen LogP contribution in [0.3, 0.4) is 0 Å². The molecule has 0 aliphatic heterocycles. The van der Waals surface area contributed by atoms with Crippen molar-refractivity contribution in [2.24, 2.45) is 4.99 Å². The van der Waals surface area contributed by atoms with E-state index in [4.69, 9.17) is 12.2 Å². The molecule has 1 aromatic heterocycles. The summed E-state index contributed by atoms with van der Waals surface area (Å²) < 4.78 is 0.544. The van der Waals surface area contributed by atoms with Crippen LogP contribution in [0.1, 0.15) is 10.4 Å². The summed E-state index contributed by atoms with van der Waals surface area (Å²) in [5, 5.41) is 9.45. The number of aliphatic imine (C=N–C) groups is 1. The molecular weight excluding hydrogens is 240 g/mol. The highest BCUT2D eigenvalue weighted by molar-refractivity contribution is 7.73. The molecule has 0 saturated heterocycles. The summed E-state index contributed by atoms with van der Waals surface area (Å²) in [5.74, 6) is 0.0749. The minimum Gasteiger partial charge on any atom is -0.494 e. The molecule has 0 radical (unpaired) electrons. The van der Waals surface area contributed by atoms with Crippen molar-refractivity contribution in [3.05, 3.63) is 38.7 Å². The van der Waals surface area contributed by atoms with Crippen LogP contribution in [0.4, 0.5) is 5.69 Å². The zero-order valence-electron chi connectivity index (χ0n) is 8.60. The number of aromatic hydroxyl groups is 1. The first-order valence-electron chi connectivity index (χ1n) is 4.68. The molecule has 2 aromatic rings. The number of H-pyrrole nitrogens is 1. The summed E-state index contributed by atoms with van der Waals surface area (Å²) in [6.07, 6.45) is 1.61. The molecular formula is C11H10N2OS2. The van der Waals surface area contributed by atoms with Crippen molar-refractivity contribution >= 4 is 35.5 Å². The molecule has 0 aliphatic rings. The molecule has 2 N–H and O–H groups in total. The second-order valence-electron chi connectivity index (χ2n) is 3.32. The third-order valence-corrected chi connectivity index (χ3v) is 3.18. The number of aryl methyl sites for hydroxylation is 1. The Morgan fingerprint density at radius 1 is 1.38 bits per heavy atom. The zero-order chi connectivity index (χ0) is 11.5. The average Bonchev–Trinajstić information content (AvgIpc) is 2.57. The van der Waals surface area contributed by atoms with E-state index in [1.165, 1.54) is 16.9 Å². The minimum absolute atomic E-state index is 0.0749. The second-order valence-corrected chi connectivity index (χ2v) is 5.04. The van der Waals surface area contributed by atoms with E-state index in [2.05, 4.69) is 9.98 Å². The molecule has 0 unspecified atom stereocenters. The Morgan fingerprint density at radius 3 is 2.62 bits per heavy atom. The second kappa shape index (κ2) is 4.59. The summed E-state index contributed by atoms with van der Waals surface area (Å²) in [6.45, 7) is 2.02. The maximum atomic E-state index is 9.45. The quantitative estimate of drug-likeness (QED) is 0.632. The van der Waals surface area contributed by atoms with Gasteiger partial charge in [-0.3, -0.25) is 4.99 Å². The fraction of sp³-hybridized carbons (Fsp3) is 0.0909. The Hall–Kier alpha value is -1.46. The number of hydrogen-bond donors (Lipinski definition) is 2. The van der Waals surface area contributed by atoms with Gasteiger partial charge in [0.05, 0.1) is 11.9 Å². The number of hydrogen-bond acceptors (Lipinski definition) is 4. The predicted octanol–water partition coefficient (Wildman–Crippen LogP) is 3.57. The fourth-order valence-corrected chi connectivity index (χ4v) is 2.15. The Morgan fingerprint density at radius 2 is 2.06 bits per heavy atom. The molecule has 0 bridgehead atoms. The number of nitrogens with one attached hydrogen (secondary N) is 1. The van der Waals surface area contributed by atoms with E-state index in [0.29, 0.717) is 8.83 Å². The highest BCUT2D eigenvalue weighted by Crippen LogP contribution is 2.20. The average molecular weight is 250 g/mol. The number of aromatic amines is 1. The Kier molecular flexibility index (Phi) is 3.17. The SMILES string of the molecule is Cc1ccc(N=Cc2sc(=S)[nH]c2O)cc1. The lowest BCUT2D eigenvalue weighted by molar-refractivity contribution is 0.456. The normalized spacial score (nSPS) is 11.1. The van der Waals surface area contributed by atoms with E-state index in [1.807, 2.05) is 31.2 Å². The van der Waals surface area contributed by atoms with Crippen LogP contribution in [0.5, 0.6) is 5.88 Å². The van der Waals surface area contributed by atoms with Gasteiger partial charge in [-0.25, -0.2) is 0 Å². The van der Waals surface area contributed by atoms with Gasteiger partial charge in [0, 0.05) is 0 Å². The first kappa shape index (κ1) is 11.0. The molecule has 82 valence electrons. The van der Waals surface area contributed by atoms with Gasteiger partial charge in [0.15, 0.2) is 3.95 Å². The lowest BCUT2D eigenvalue weighted by Gasteiger charge is -1.93. The van der Waals surface area contributed by atoms with Crippen LogP contribution in [0.15, 0.2) is 29.3 Å². The fourth-order valence-electron chi connectivity index (χ4n) is 1.18. The van der Waals surface area contributed by atoms with Crippen LogP contribution in [0, 0.1) is 10.9 Å². The van der Waals surface area contributed by atoms with Gasteiger partial charge in [-0.05, 0) is 31.3 Å². The Bertz CT molecular complexity index is 566. The van der Waals surface area contributed by atoms with Gasteiger partial charge in [0.1, 0.15) is 4.88 Å². The largest absolute Gasteiger partial charge is 0.494 e. The monoisotopic (exact) mass is 250 g/mol. The van der Waals surface area contributed by atoms with Crippen molar-refractivity contribution in [2.75, 3.05) is 0 Å². The summed E-state index contributed by atoms with van der Waals surface area (Å²) in [4.78, 5) is 7.55. The van der Waals surface area contributed by atoms with Crippen LogP contribution in [-0.2, 0) is 0 Å². The number of benzene rings is 1. The maximum absolute atomic E-state index is 9.45. The van der Waals surface area contributed by atoms with E-state index < -0.39 is 0 Å². The van der Waals surface area contributed by atoms with E-state index in [0.717, 1.165) is 5.69 Å². The van der Waals surface area contributed by atoms with Gasteiger partial charge in [-0.15, -0.1) is 0 Å². The van der Waals surface area contributed by atoms with Gasteiger partial charge in [0.25, 0.3) is 0 Å². The summed E-state index contributed by atoms with van der Waals surface area (Å²) in [5.41, 5.74) is 2.04. The Labute approximate surface area is 102 Å². The zero-order valence-corrected chi connectivity index (χ0v) is 10.2. The first-order valence-corrected chi connectivity index (χ1v) is 5.90. The number of aromatic nitrogens is 1. The third-order valence-electron chi connectivity index (χ3n) is 2.02. The minimum atomic E-state index is 0.0749. The van der Waals surface area contributed by atoms with Crippen LogP contribution in [0.25, 0.3) is 0 Å². The van der Waals surface area contributed by atoms with E-state index in [9.17, 15) is 5.11 Å². The molecule has 0 spiro atoms. The van der Waals surface area contributed by atoms with Crippen LogP contribution in [0.2, 0.25) is 0 Å². The topological polar surface area (TPSA) is 48.4 Å². The molecule has 0 fully saturated rings. The van der Waals surface area contributed by atoms with E-state index in [-0.39, 0.29) is 5.88 Å². The van der Waals surface area contributed by atoms with Crippen LogP contribution in [-0.4, -0.2) is 16.3 Å². The third kappa shape index (κ3) is 2.56. The van der Waals surface area contributed by atoms with Gasteiger partial charge >= 0.3 is 0 Å². The van der Waals surface area contributed by atoms with Gasteiger partial charge in [-0.1, -0.05) is 29.0 Å². The molecule has 1 heterocycles. The number of rotatable bonds is 2. The lowest BCUT2D eigenvalue weighted by atomic mass is 10.2. The van der Waals surface area contributed by atoms with Gasteiger partial charge < -0.3 is 10.1 Å². The van der Waals surface area contributed by atoms with E-state index >= 15 is 0 Å². The molecule has 3 nitrogen and oxygen atoms in total. The molecule has 0 atom stereocenters. The smallest absolute Gasteiger partial charge is 0.209 e. The van der Waals surface area contributed by atoms with Crippen LogP contribution >= 0.6 is 23.6 Å². The van der Waals surface area contributed by atoms with Gasteiger partial charge in [-0.2, -0.15) is 0 Å². The molecule has 0 aliphatic carbocycles. The highest BCUT2D eigenvalue weighted by Gasteiger charge is 2.00. The van der Waals surface area contributed by atoms with Crippen molar-refractivity contribution in [3.8, 4) is 5.88 Å². The maximum Gasteiger partial charge on any atom is 0.209 e. The standard InChI is InChI=1S/C11H10N2OS2/c1-7-2-4-8(5-3-7)12-6-9-10(14)13-11(15)16-9/h2-6,14H,1H3,(H,13,15). The molecule has 16 heavy (non-hydrogen) atoms. The summed E-state index contributed by atoms with van der Waals surface area (Å²) >= 11 is 6.21. The molecule has 1 aromatic carbocycles. The number of thiazole rings is 1. The van der Waals surface area contributed by atoms with Crippen LogP contribution < -0.4 is 0 Å². The van der Waals surface area contributed by atoms with Crippen molar-refractivity contribution in [2.45, 2.75) is 6.92 Å². The number of nitrogens with zero attached hydrogens (tertiary/aromatic N) is 1. The Balaban J connectivity index is 2.24. The van der Waals surface area contributed by atoms with Crippen molar-refractivity contribution in [3.63, 3.8) is 0 Å². The summed E-state index contributed by atoms with van der Waals surface area (Å²) in [7, 11) is 0. The van der Waals surface area contributed by atoms with Crippen molar-refractivity contribution in [1.29, 1.82) is 0 Å². The van der Waals surface area contributed by atoms with E-state index in [1.54, 1.807) is 6.21 Å². The molecule has 2 rings (SSSR count). The lowest BCUT2D eigenvalue weighted by Crippen LogP contribution is -1.75. The molecule has 0 amide bonds. The van der Waals surface area contributed by atoms with Crippen molar-refractivity contribution < 1.29 is 5.11 Å². The first-order chi connectivity index (χ1) is 7.65. The van der Waals surface area contributed by atoms with Crippen molar-refractivity contribution in [1.82, 2.24) is 4.98 Å². The summed E-state index contributed by atoms with van der Waals surface area (Å²) in [6, 6.07) is 7.83. The molecule has 5 heteroatoms. The van der Waals surface area contributed by atoms with Gasteiger partial charge in [0.2, 0.25) is 5.88 Å². The predicted molar refractivity (Wildman–Crippen MR) is 69.6 cm³/mol. The molecule has 0 saturated carbocycles.